The molecule has 0 spiro atoms. The lowest BCUT2D eigenvalue weighted by Crippen LogP contribution is -1.86. The van der Waals surface area contributed by atoms with Crippen LogP contribution in [0.5, 0.6) is 0 Å². The topological polar surface area (TPSA) is 37.3 Å². The molecule has 0 aliphatic heterocycles. The smallest absolute Gasteiger partial charge is 0.381 e. The zero-order chi connectivity index (χ0) is 14.9. The minimum atomic E-state index is -1.01. The second-order valence-electron chi connectivity index (χ2n) is 5.60. The quantitative estimate of drug-likeness (QED) is 0.354. The van der Waals surface area contributed by atoms with E-state index in [1.54, 1.807) is 0 Å². The summed E-state index contributed by atoms with van der Waals surface area (Å²) in [6.07, 6.45) is 18.1. The molecule has 0 rings (SSSR count). The average Bonchev–Trinajstić information content (AvgIpc) is 2.43. The Morgan fingerprint density at radius 3 is 1.55 bits per heavy atom. The molecule has 0 aliphatic rings. The molecule has 1 N–H and O–H groups in total. The third-order valence-electron chi connectivity index (χ3n) is 3.60. The fourth-order valence-electron chi connectivity index (χ4n) is 2.37. The van der Waals surface area contributed by atoms with E-state index in [9.17, 15) is 4.79 Å². The molecule has 20 heavy (non-hydrogen) atoms. The molecule has 0 bridgehead atoms. The highest BCUT2D eigenvalue weighted by Gasteiger charge is 1.93. The Morgan fingerprint density at radius 1 is 0.750 bits per heavy atom. The van der Waals surface area contributed by atoms with Crippen LogP contribution in [0.1, 0.15) is 96.8 Å². The Kier molecular flexibility index (Phi) is 15.3. The van der Waals surface area contributed by atoms with Gasteiger partial charge in [-0.05, 0) is 6.42 Å². The van der Waals surface area contributed by atoms with E-state index in [4.69, 9.17) is 5.11 Å². The summed E-state index contributed by atoms with van der Waals surface area (Å²) in [6, 6.07) is 0. The number of aliphatic carboxylic acids is 1. The van der Waals surface area contributed by atoms with Gasteiger partial charge < -0.3 is 5.11 Å². The molecular weight excluding hydrogens is 248 g/mol. The van der Waals surface area contributed by atoms with Crippen molar-refractivity contribution in [1.29, 1.82) is 0 Å². The second-order valence-corrected chi connectivity index (χ2v) is 5.60. The lowest BCUT2D eigenvalue weighted by molar-refractivity contribution is -0.130. The second kappa shape index (κ2) is 16.1. The van der Waals surface area contributed by atoms with Crippen LogP contribution in [0.4, 0.5) is 0 Å². The first kappa shape index (κ1) is 19.0. The van der Waals surface area contributed by atoms with Crippen LogP contribution in [0.15, 0.2) is 0 Å². The van der Waals surface area contributed by atoms with E-state index in [2.05, 4.69) is 18.8 Å². The third kappa shape index (κ3) is 17.0. The predicted octanol–water partition coefficient (Wildman–Crippen LogP) is 5.56. The number of rotatable bonds is 13. The van der Waals surface area contributed by atoms with Gasteiger partial charge in [0.2, 0.25) is 0 Å². The largest absolute Gasteiger partial charge is 0.472 e. The first-order chi connectivity index (χ1) is 9.77. The van der Waals surface area contributed by atoms with Crippen LogP contribution in [-0.4, -0.2) is 11.1 Å². The fraction of sp³-hybridized carbons (Fsp3) is 0.833. The first-order valence-electron chi connectivity index (χ1n) is 8.49. The normalized spacial score (nSPS) is 10.1. The summed E-state index contributed by atoms with van der Waals surface area (Å²) in [5.74, 6) is 3.82. The van der Waals surface area contributed by atoms with E-state index in [1.807, 2.05) is 0 Å². The van der Waals surface area contributed by atoms with Gasteiger partial charge in [-0.25, -0.2) is 4.79 Å². The lowest BCUT2D eigenvalue weighted by Gasteiger charge is -2.02. The monoisotopic (exact) mass is 280 g/mol. The van der Waals surface area contributed by atoms with Crippen molar-refractivity contribution in [2.45, 2.75) is 96.8 Å². The molecule has 0 fully saturated rings. The van der Waals surface area contributed by atoms with Gasteiger partial charge in [-0.15, -0.1) is 0 Å². The van der Waals surface area contributed by atoms with E-state index < -0.39 is 5.97 Å². The Balaban J connectivity index is 3.03. The molecular formula is C18H32O2. The van der Waals surface area contributed by atoms with Crippen LogP contribution in [0.3, 0.4) is 0 Å². The van der Waals surface area contributed by atoms with Gasteiger partial charge >= 0.3 is 5.97 Å². The molecule has 0 amide bonds. The summed E-state index contributed by atoms with van der Waals surface area (Å²) in [5.41, 5.74) is 0. The van der Waals surface area contributed by atoms with Crippen molar-refractivity contribution in [2.24, 2.45) is 0 Å². The maximum absolute atomic E-state index is 10.2. The molecule has 0 aromatic heterocycles. The minimum Gasteiger partial charge on any atom is -0.472 e. The molecule has 0 aromatic rings. The van der Waals surface area contributed by atoms with Crippen LogP contribution in [0.2, 0.25) is 0 Å². The molecule has 0 radical (unpaired) electrons. The van der Waals surface area contributed by atoms with Crippen molar-refractivity contribution in [1.82, 2.24) is 0 Å². The summed E-state index contributed by atoms with van der Waals surface area (Å²) >= 11 is 0. The van der Waals surface area contributed by atoms with Gasteiger partial charge in [0.1, 0.15) is 0 Å². The molecule has 116 valence electrons. The summed E-state index contributed by atoms with van der Waals surface area (Å²) in [7, 11) is 0. The van der Waals surface area contributed by atoms with E-state index in [0.29, 0.717) is 0 Å². The van der Waals surface area contributed by atoms with Gasteiger partial charge in [-0.3, -0.25) is 0 Å². The summed E-state index contributed by atoms with van der Waals surface area (Å²) in [5, 5.41) is 8.34. The van der Waals surface area contributed by atoms with E-state index >= 15 is 0 Å². The zero-order valence-corrected chi connectivity index (χ0v) is 13.3. The van der Waals surface area contributed by atoms with E-state index in [0.717, 1.165) is 12.8 Å². The van der Waals surface area contributed by atoms with Gasteiger partial charge in [-0.1, -0.05) is 89.9 Å². The lowest BCUT2D eigenvalue weighted by atomic mass is 10.0. The standard InChI is InChI=1S/C18H32O2/c1-2-3-4-5-6-7-8-9-10-11-12-13-14-15-16-17-18(19)20/h2-15H2,1H3,(H,19,20). The summed E-state index contributed by atoms with van der Waals surface area (Å²) in [4.78, 5) is 10.2. The Morgan fingerprint density at radius 2 is 1.15 bits per heavy atom. The average molecular weight is 280 g/mol. The molecule has 0 atom stereocenters. The molecule has 0 unspecified atom stereocenters. The van der Waals surface area contributed by atoms with E-state index in [-0.39, 0.29) is 0 Å². The molecule has 0 saturated heterocycles. The number of carbonyl (C=O) groups is 1. The zero-order valence-electron chi connectivity index (χ0n) is 13.3. The highest BCUT2D eigenvalue weighted by atomic mass is 16.4. The molecule has 0 saturated carbocycles. The maximum atomic E-state index is 10.2. The summed E-state index contributed by atoms with van der Waals surface area (Å²) < 4.78 is 0. The van der Waals surface area contributed by atoms with Crippen molar-refractivity contribution >= 4 is 5.97 Å². The number of hydrogen-bond donors (Lipinski definition) is 1. The number of carboxylic acid groups (broad SMARTS) is 1. The highest BCUT2D eigenvalue weighted by molar-refractivity contribution is 5.86. The van der Waals surface area contributed by atoms with Crippen molar-refractivity contribution in [3.8, 4) is 11.8 Å². The number of hydrogen-bond acceptors (Lipinski definition) is 1. The predicted molar refractivity (Wildman–Crippen MR) is 85.7 cm³/mol. The Bertz CT molecular complexity index is 273. The number of carboxylic acids is 1. The fourth-order valence-corrected chi connectivity index (χ4v) is 2.37. The summed E-state index contributed by atoms with van der Waals surface area (Å²) in [6.45, 7) is 2.26. The van der Waals surface area contributed by atoms with Crippen LogP contribution in [0.25, 0.3) is 0 Å². The van der Waals surface area contributed by atoms with Crippen LogP contribution in [-0.2, 0) is 4.79 Å². The van der Waals surface area contributed by atoms with Gasteiger partial charge in [0.25, 0.3) is 0 Å². The van der Waals surface area contributed by atoms with Gasteiger partial charge in [0, 0.05) is 12.3 Å². The van der Waals surface area contributed by atoms with Crippen LogP contribution < -0.4 is 0 Å². The van der Waals surface area contributed by atoms with Crippen molar-refractivity contribution in [2.75, 3.05) is 0 Å². The molecule has 0 heterocycles. The van der Waals surface area contributed by atoms with Gasteiger partial charge in [-0.2, -0.15) is 0 Å². The minimum absolute atomic E-state index is 0.726. The van der Waals surface area contributed by atoms with Crippen molar-refractivity contribution < 1.29 is 9.90 Å². The highest BCUT2D eigenvalue weighted by Crippen LogP contribution is 2.12. The van der Waals surface area contributed by atoms with Crippen LogP contribution >= 0.6 is 0 Å². The Labute approximate surface area is 125 Å². The van der Waals surface area contributed by atoms with Gasteiger partial charge in [0.05, 0.1) is 0 Å². The van der Waals surface area contributed by atoms with Crippen LogP contribution in [0, 0.1) is 11.8 Å². The molecule has 2 heteroatoms. The third-order valence-corrected chi connectivity index (χ3v) is 3.60. The van der Waals surface area contributed by atoms with Crippen molar-refractivity contribution in [3.05, 3.63) is 0 Å². The van der Waals surface area contributed by atoms with Crippen molar-refractivity contribution in [3.63, 3.8) is 0 Å². The molecule has 0 aliphatic carbocycles. The molecule has 0 aromatic carbocycles. The SMILES string of the molecule is CCCCCCCCCCCCCCCC#CC(=O)O. The van der Waals surface area contributed by atoms with Gasteiger partial charge in [0.15, 0.2) is 0 Å². The molecule has 2 nitrogen and oxygen atoms in total. The Hall–Kier alpha value is -0.970. The van der Waals surface area contributed by atoms with E-state index in [1.165, 1.54) is 77.0 Å². The number of unbranched alkanes of at least 4 members (excludes halogenated alkanes) is 13. The maximum Gasteiger partial charge on any atom is 0.381 e. The first-order valence-corrected chi connectivity index (χ1v) is 8.49.